The first kappa shape index (κ1) is 26.1. The maximum atomic E-state index is 9.50. The molecule has 7 aromatic carbocycles. The number of para-hydroxylation sites is 3. The molecule has 0 amide bonds. The number of nitriles is 1. The van der Waals surface area contributed by atoms with Crippen molar-refractivity contribution in [1.82, 2.24) is 4.57 Å². The summed E-state index contributed by atoms with van der Waals surface area (Å²) in [5.74, 6) is 0. The average molecular weight is 587 g/mol. The molecule has 0 aliphatic rings. The van der Waals surface area contributed by atoms with Crippen molar-refractivity contribution in [3.63, 3.8) is 0 Å². The number of rotatable bonds is 4. The number of nitrogens with zero attached hydrogens (tertiary/aromatic N) is 2. The van der Waals surface area contributed by atoms with Gasteiger partial charge >= 0.3 is 0 Å². The predicted octanol–water partition coefficient (Wildman–Crippen LogP) is 11.6. The number of furan rings is 1. The summed E-state index contributed by atoms with van der Waals surface area (Å²) in [5.41, 5.74) is 12.4. The second-order valence-electron chi connectivity index (χ2n) is 11.7. The van der Waals surface area contributed by atoms with Gasteiger partial charge in [0.25, 0.3) is 0 Å². The summed E-state index contributed by atoms with van der Waals surface area (Å²) in [6, 6.07) is 57.5. The van der Waals surface area contributed by atoms with E-state index >= 15 is 0 Å². The van der Waals surface area contributed by atoms with E-state index in [0.29, 0.717) is 5.56 Å². The molecule has 0 bridgehead atoms. The normalized spacial score (nSPS) is 11.5. The molecular formula is C43H26N2O. The predicted molar refractivity (Wildman–Crippen MR) is 189 cm³/mol. The number of aromatic nitrogens is 1. The lowest BCUT2D eigenvalue weighted by Crippen LogP contribution is -1.96. The van der Waals surface area contributed by atoms with Crippen molar-refractivity contribution in [2.24, 2.45) is 0 Å². The summed E-state index contributed by atoms with van der Waals surface area (Å²) in [5, 5.41) is 14.2. The third-order valence-electron chi connectivity index (χ3n) is 8.99. The molecule has 0 aliphatic carbocycles. The van der Waals surface area contributed by atoms with Gasteiger partial charge in [-0.1, -0.05) is 91.0 Å². The summed E-state index contributed by atoms with van der Waals surface area (Å²) < 4.78 is 8.54. The van der Waals surface area contributed by atoms with E-state index in [0.717, 1.165) is 61.0 Å². The smallest absolute Gasteiger partial charge is 0.135 e. The van der Waals surface area contributed by atoms with E-state index in [1.165, 1.54) is 21.8 Å². The first-order valence-electron chi connectivity index (χ1n) is 15.4. The van der Waals surface area contributed by atoms with Crippen molar-refractivity contribution < 1.29 is 4.42 Å². The van der Waals surface area contributed by atoms with Crippen LogP contribution in [0.2, 0.25) is 0 Å². The van der Waals surface area contributed by atoms with Crippen LogP contribution < -0.4 is 0 Å². The molecule has 2 aromatic heterocycles. The van der Waals surface area contributed by atoms with Gasteiger partial charge in [-0.2, -0.15) is 5.26 Å². The minimum atomic E-state index is 0.653. The van der Waals surface area contributed by atoms with Gasteiger partial charge in [0.2, 0.25) is 0 Å². The highest BCUT2D eigenvalue weighted by Crippen LogP contribution is 2.38. The van der Waals surface area contributed by atoms with E-state index in [9.17, 15) is 5.26 Å². The zero-order valence-electron chi connectivity index (χ0n) is 24.8. The van der Waals surface area contributed by atoms with Gasteiger partial charge < -0.3 is 8.98 Å². The lowest BCUT2D eigenvalue weighted by Gasteiger charge is -2.15. The topological polar surface area (TPSA) is 41.9 Å². The lowest BCUT2D eigenvalue weighted by atomic mass is 9.94. The Kier molecular flexibility index (Phi) is 5.88. The van der Waals surface area contributed by atoms with Gasteiger partial charge in [-0.3, -0.25) is 0 Å². The Morgan fingerprint density at radius 1 is 0.413 bits per heavy atom. The monoisotopic (exact) mass is 586 g/mol. The molecule has 214 valence electrons. The summed E-state index contributed by atoms with van der Waals surface area (Å²) in [4.78, 5) is 0. The SMILES string of the molecule is N#Cc1cccc(-c2cccc(-c3cc(-c4ccc5oc6ccccc6c5c4)cc(-n4c5ccccc5c5ccccc54)c3)c2)c1. The van der Waals surface area contributed by atoms with Gasteiger partial charge in [0, 0.05) is 27.2 Å². The van der Waals surface area contributed by atoms with E-state index in [2.05, 4.69) is 138 Å². The van der Waals surface area contributed by atoms with Crippen LogP contribution in [0.15, 0.2) is 162 Å². The van der Waals surface area contributed by atoms with Crippen LogP contribution >= 0.6 is 0 Å². The Balaban J connectivity index is 1.30. The third-order valence-corrected chi connectivity index (χ3v) is 8.99. The Morgan fingerprint density at radius 2 is 0.957 bits per heavy atom. The van der Waals surface area contributed by atoms with E-state index < -0.39 is 0 Å². The highest BCUT2D eigenvalue weighted by atomic mass is 16.3. The lowest BCUT2D eigenvalue weighted by molar-refractivity contribution is 0.669. The number of hydrogen-bond donors (Lipinski definition) is 0. The molecule has 2 heterocycles. The van der Waals surface area contributed by atoms with Crippen LogP contribution in [-0.4, -0.2) is 4.57 Å². The molecule has 0 fully saturated rings. The molecule has 0 atom stereocenters. The highest BCUT2D eigenvalue weighted by molar-refractivity contribution is 6.09. The maximum Gasteiger partial charge on any atom is 0.135 e. The zero-order valence-corrected chi connectivity index (χ0v) is 24.8. The fourth-order valence-electron chi connectivity index (χ4n) is 6.83. The first-order valence-corrected chi connectivity index (χ1v) is 15.4. The Bertz CT molecular complexity index is 2610. The van der Waals surface area contributed by atoms with Crippen LogP contribution in [-0.2, 0) is 0 Å². The largest absolute Gasteiger partial charge is 0.456 e. The van der Waals surface area contributed by atoms with Gasteiger partial charge in [-0.25, -0.2) is 0 Å². The molecule has 0 unspecified atom stereocenters. The molecule has 9 aromatic rings. The molecular weight excluding hydrogens is 560 g/mol. The quantitative estimate of drug-likeness (QED) is 0.206. The van der Waals surface area contributed by atoms with Crippen LogP contribution in [0.5, 0.6) is 0 Å². The third kappa shape index (κ3) is 4.20. The molecule has 0 N–H and O–H groups in total. The molecule has 3 heteroatoms. The zero-order chi connectivity index (χ0) is 30.6. The fourth-order valence-corrected chi connectivity index (χ4v) is 6.83. The Morgan fingerprint density at radius 3 is 1.67 bits per heavy atom. The molecule has 0 aliphatic heterocycles. The van der Waals surface area contributed by atoms with Crippen LogP contribution in [0.1, 0.15) is 5.56 Å². The maximum absolute atomic E-state index is 9.50. The molecule has 46 heavy (non-hydrogen) atoms. The second-order valence-corrected chi connectivity index (χ2v) is 11.7. The van der Waals surface area contributed by atoms with Crippen LogP contribution in [0.4, 0.5) is 0 Å². The molecule has 0 spiro atoms. The standard InChI is InChI=1S/C43H26N2O/c44-27-28-9-7-10-29(21-28)30-11-8-12-31(22-30)33-23-34(32-19-20-43-39(26-32)38-15-3-6-18-42(38)46-43)25-35(24-33)45-40-16-4-1-13-36(40)37-14-2-5-17-41(37)45/h1-26H. The van der Waals surface area contributed by atoms with Crippen molar-refractivity contribution in [2.45, 2.75) is 0 Å². The molecule has 0 saturated carbocycles. The molecule has 0 saturated heterocycles. The minimum Gasteiger partial charge on any atom is -0.456 e. The van der Waals surface area contributed by atoms with Crippen molar-refractivity contribution in [1.29, 1.82) is 5.26 Å². The molecule has 9 rings (SSSR count). The fraction of sp³-hybridized carbons (Fsp3) is 0. The van der Waals surface area contributed by atoms with E-state index in [1.54, 1.807) is 0 Å². The van der Waals surface area contributed by atoms with Crippen LogP contribution in [0.3, 0.4) is 0 Å². The highest BCUT2D eigenvalue weighted by Gasteiger charge is 2.15. The summed E-state index contributed by atoms with van der Waals surface area (Å²) >= 11 is 0. The average Bonchev–Trinajstić information content (AvgIpc) is 3.67. The molecule has 0 radical (unpaired) electrons. The number of benzene rings is 7. The summed E-state index contributed by atoms with van der Waals surface area (Å²) in [6.45, 7) is 0. The van der Waals surface area contributed by atoms with Crippen molar-refractivity contribution in [3.8, 4) is 45.1 Å². The Labute approximate surface area is 265 Å². The van der Waals surface area contributed by atoms with Gasteiger partial charge in [0.05, 0.1) is 22.7 Å². The Hall–Kier alpha value is -6.37. The second kappa shape index (κ2) is 10.4. The number of fused-ring (bicyclic) bond motifs is 6. The van der Waals surface area contributed by atoms with Crippen molar-refractivity contribution in [2.75, 3.05) is 0 Å². The minimum absolute atomic E-state index is 0.653. The van der Waals surface area contributed by atoms with E-state index in [4.69, 9.17) is 4.42 Å². The van der Waals surface area contributed by atoms with Gasteiger partial charge in [-0.05, 0) is 100 Å². The van der Waals surface area contributed by atoms with Gasteiger partial charge in [0.1, 0.15) is 11.2 Å². The summed E-state index contributed by atoms with van der Waals surface area (Å²) in [6.07, 6.45) is 0. The van der Waals surface area contributed by atoms with Crippen LogP contribution in [0, 0.1) is 11.3 Å². The number of hydrogen-bond acceptors (Lipinski definition) is 2. The van der Waals surface area contributed by atoms with E-state index in [-0.39, 0.29) is 0 Å². The van der Waals surface area contributed by atoms with Crippen LogP contribution in [0.25, 0.3) is 82.8 Å². The van der Waals surface area contributed by atoms with Crippen molar-refractivity contribution >= 4 is 43.7 Å². The van der Waals surface area contributed by atoms with Gasteiger partial charge in [0.15, 0.2) is 0 Å². The first-order chi connectivity index (χ1) is 22.7. The van der Waals surface area contributed by atoms with Crippen molar-refractivity contribution in [3.05, 3.63) is 163 Å². The molecule has 3 nitrogen and oxygen atoms in total. The van der Waals surface area contributed by atoms with Gasteiger partial charge in [-0.15, -0.1) is 0 Å². The summed E-state index contributed by atoms with van der Waals surface area (Å²) in [7, 11) is 0. The van der Waals surface area contributed by atoms with E-state index in [1.807, 2.05) is 30.3 Å².